The molecule has 148 valence electrons. The summed E-state index contributed by atoms with van der Waals surface area (Å²) in [6.07, 6.45) is 0. The summed E-state index contributed by atoms with van der Waals surface area (Å²) in [5, 5.41) is 7.51. The van der Waals surface area contributed by atoms with E-state index in [1.54, 1.807) is 6.92 Å². The third-order valence-electron chi connectivity index (χ3n) is 6.35. The maximum Gasteiger partial charge on any atom is 0.228 e. The summed E-state index contributed by atoms with van der Waals surface area (Å²) < 4.78 is 0. The van der Waals surface area contributed by atoms with E-state index >= 15 is 0 Å². The van der Waals surface area contributed by atoms with Crippen molar-refractivity contribution in [1.82, 2.24) is 0 Å². The first-order valence-electron chi connectivity index (χ1n) is 10.4. The molecule has 0 unspecified atom stereocenters. The Labute approximate surface area is 177 Å². The molecule has 1 amide bonds. The number of hydrogen-bond donors (Lipinski definition) is 0. The Morgan fingerprint density at radius 3 is 1.63 bits per heavy atom. The van der Waals surface area contributed by atoms with Crippen LogP contribution >= 0.6 is 0 Å². The molecule has 5 aromatic carbocycles. The minimum atomic E-state index is 0.0145. The lowest BCUT2D eigenvalue weighted by atomic mass is 9.88. The molecule has 5 rings (SSSR count). The van der Waals surface area contributed by atoms with E-state index in [0.29, 0.717) is 0 Å². The van der Waals surface area contributed by atoms with Crippen LogP contribution in [0.2, 0.25) is 0 Å². The van der Waals surface area contributed by atoms with Gasteiger partial charge in [0.25, 0.3) is 0 Å². The quantitative estimate of drug-likeness (QED) is 0.285. The number of nitrogens with zero attached hydrogens (tertiary/aromatic N) is 1. The van der Waals surface area contributed by atoms with E-state index in [2.05, 4.69) is 76.2 Å². The number of amides is 1. The second-order valence-electron chi connectivity index (χ2n) is 8.48. The van der Waals surface area contributed by atoms with Crippen molar-refractivity contribution in [2.45, 2.75) is 34.6 Å². The van der Waals surface area contributed by atoms with Crippen LogP contribution in [0.1, 0.15) is 29.2 Å². The summed E-state index contributed by atoms with van der Waals surface area (Å²) in [6, 6.07) is 21.5. The Kier molecular flexibility index (Phi) is 4.08. The van der Waals surface area contributed by atoms with Gasteiger partial charge in [0, 0.05) is 18.0 Å². The normalized spacial score (nSPS) is 11.6. The standard InChI is InChI=1S/C28H25NO/c1-16-6-8-21(9-7-16)29(20(5)30)26-15-19(4)24-11-10-22-17(2)14-18(3)23-12-13-25(26)28(24)27(22)23/h6-15H,1-5H3. The Hall–Kier alpha value is -3.39. The van der Waals surface area contributed by atoms with Crippen LogP contribution in [0, 0.1) is 27.7 Å². The molecular weight excluding hydrogens is 366 g/mol. The largest absolute Gasteiger partial charge is 0.281 e. The van der Waals surface area contributed by atoms with Gasteiger partial charge in [-0.15, -0.1) is 0 Å². The Morgan fingerprint density at radius 2 is 1.10 bits per heavy atom. The zero-order valence-corrected chi connectivity index (χ0v) is 18.1. The van der Waals surface area contributed by atoms with E-state index in [-0.39, 0.29) is 5.91 Å². The first kappa shape index (κ1) is 18.6. The van der Waals surface area contributed by atoms with Crippen molar-refractivity contribution in [3.63, 3.8) is 0 Å². The molecule has 2 heteroatoms. The smallest absolute Gasteiger partial charge is 0.228 e. The highest BCUT2D eigenvalue weighted by Gasteiger charge is 2.21. The fourth-order valence-electron chi connectivity index (χ4n) is 4.90. The minimum Gasteiger partial charge on any atom is -0.281 e. The van der Waals surface area contributed by atoms with Gasteiger partial charge in [0.1, 0.15) is 0 Å². The molecule has 0 N–H and O–H groups in total. The Bertz CT molecular complexity index is 1420. The van der Waals surface area contributed by atoms with E-state index in [4.69, 9.17) is 0 Å². The van der Waals surface area contributed by atoms with Gasteiger partial charge in [0.15, 0.2) is 0 Å². The van der Waals surface area contributed by atoms with Crippen LogP contribution in [0.15, 0.2) is 60.7 Å². The first-order valence-corrected chi connectivity index (χ1v) is 10.4. The van der Waals surface area contributed by atoms with Crippen molar-refractivity contribution >= 4 is 49.6 Å². The zero-order chi connectivity index (χ0) is 21.2. The topological polar surface area (TPSA) is 20.3 Å². The van der Waals surface area contributed by atoms with Gasteiger partial charge in [-0.05, 0) is 89.5 Å². The van der Waals surface area contributed by atoms with Crippen molar-refractivity contribution in [3.05, 3.63) is 82.9 Å². The van der Waals surface area contributed by atoms with E-state index in [9.17, 15) is 4.79 Å². The molecule has 0 radical (unpaired) electrons. The zero-order valence-electron chi connectivity index (χ0n) is 18.1. The van der Waals surface area contributed by atoms with Crippen LogP contribution in [0.4, 0.5) is 11.4 Å². The molecule has 0 heterocycles. The van der Waals surface area contributed by atoms with Crippen LogP contribution in [-0.4, -0.2) is 5.91 Å². The van der Waals surface area contributed by atoms with E-state index in [1.165, 1.54) is 49.2 Å². The summed E-state index contributed by atoms with van der Waals surface area (Å²) in [7, 11) is 0. The molecule has 0 atom stereocenters. The Morgan fingerprint density at radius 1 is 0.633 bits per heavy atom. The highest BCUT2D eigenvalue weighted by molar-refractivity contribution is 6.28. The van der Waals surface area contributed by atoms with E-state index in [0.717, 1.165) is 16.8 Å². The van der Waals surface area contributed by atoms with Crippen molar-refractivity contribution in [1.29, 1.82) is 0 Å². The number of aryl methyl sites for hydroxylation is 4. The van der Waals surface area contributed by atoms with Gasteiger partial charge < -0.3 is 0 Å². The SMILES string of the molecule is CC(=O)N(c1ccc(C)cc1)c1cc(C)c2ccc3c(C)cc(C)c4ccc1c2c34. The molecule has 0 aromatic heterocycles. The second kappa shape index (κ2) is 6.56. The average Bonchev–Trinajstić information content (AvgIpc) is 2.71. The van der Waals surface area contributed by atoms with Gasteiger partial charge in [0.05, 0.1) is 5.69 Å². The summed E-state index contributed by atoms with van der Waals surface area (Å²) in [6.45, 7) is 10.2. The summed E-state index contributed by atoms with van der Waals surface area (Å²) in [5.74, 6) is 0.0145. The highest BCUT2D eigenvalue weighted by Crippen LogP contribution is 2.43. The molecule has 5 aromatic rings. The maximum absolute atomic E-state index is 12.8. The fourth-order valence-corrected chi connectivity index (χ4v) is 4.90. The molecule has 2 nitrogen and oxygen atoms in total. The number of carbonyl (C=O) groups excluding carboxylic acids is 1. The average molecular weight is 392 g/mol. The predicted octanol–water partition coefficient (Wildman–Crippen LogP) is 7.50. The molecule has 0 aliphatic rings. The third-order valence-corrected chi connectivity index (χ3v) is 6.35. The first-order chi connectivity index (χ1) is 14.4. The summed E-state index contributed by atoms with van der Waals surface area (Å²) >= 11 is 0. The van der Waals surface area contributed by atoms with Crippen LogP contribution in [0.3, 0.4) is 0 Å². The number of hydrogen-bond acceptors (Lipinski definition) is 1. The molecule has 0 saturated heterocycles. The van der Waals surface area contributed by atoms with Gasteiger partial charge in [-0.3, -0.25) is 9.69 Å². The third kappa shape index (κ3) is 2.60. The van der Waals surface area contributed by atoms with Crippen molar-refractivity contribution < 1.29 is 4.79 Å². The van der Waals surface area contributed by atoms with Gasteiger partial charge in [-0.2, -0.15) is 0 Å². The van der Waals surface area contributed by atoms with Crippen LogP contribution in [0.25, 0.3) is 32.3 Å². The van der Waals surface area contributed by atoms with Crippen molar-refractivity contribution in [3.8, 4) is 0 Å². The van der Waals surface area contributed by atoms with Crippen molar-refractivity contribution in [2.75, 3.05) is 4.90 Å². The second-order valence-corrected chi connectivity index (χ2v) is 8.48. The van der Waals surface area contributed by atoms with Crippen LogP contribution in [0.5, 0.6) is 0 Å². The molecule has 0 saturated carbocycles. The molecule has 0 fully saturated rings. The maximum atomic E-state index is 12.8. The van der Waals surface area contributed by atoms with Crippen LogP contribution < -0.4 is 4.90 Å². The predicted molar refractivity (Wildman–Crippen MR) is 128 cm³/mol. The highest BCUT2D eigenvalue weighted by atomic mass is 16.2. The summed E-state index contributed by atoms with van der Waals surface area (Å²) in [4.78, 5) is 14.7. The van der Waals surface area contributed by atoms with E-state index in [1.807, 2.05) is 17.0 Å². The number of rotatable bonds is 2. The summed E-state index contributed by atoms with van der Waals surface area (Å²) in [5.41, 5.74) is 6.79. The lowest BCUT2D eigenvalue weighted by molar-refractivity contribution is -0.115. The number of carbonyl (C=O) groups is 1. The molecule has 0 bridgehead atoms. The molecule has 0 spiro atoms. The van der Waals surface area contributed by atoms with Gasteiger partial charge in [-0.25, -0.2) is 0 Å². The van der Waals surface area contributed by atoms with Gasteiger partial charge >= 0.3 is 0 Å². The monoisotopic (exact) mass is 391 g/mol. The van der Waals surface area contributed by atoms with Gasteiger partial charge in [-0.1, -0.05) is 48.0 Å². The lowest BCUT2D eigenvalue weighted by Crippen LogP contribution is -2.23. The molecule has 0 aliphatic heterocycles. The number of anilines is 2. The van der Waals surface area contributed by atoms with Crippen LogP contribution in [-0.2, 0) is 4.79 Å². The molecule has 30 heavy (non-hydrogen) atoms. The Balaban J connectivity index is 1.94. The minimum absolute atomic E-state index is 0.0145. The lowest BCUT2D eigenvalue weighted by Gasteiger charge is -2.26. The molecule has 0 aliphatic carbocycles. The number of benzene rings is 5. The van der Waals surface area contributed by atoms with Crippen molar-refractivity contribution in [2.24, 2.45) is 0 Å². The molecular formula is C28H25NO. The van der Waals surface area contributed by atoms with Gasteiger partial charge in [0.2, 0.25) is 5.91 Å². The van der Waals surface area contributed by atoms with E-state index < -0.39 is 0 Å². The fraction of sp³-hybridized carbons (Fsp3) is 0.179.